The average molecular weight is 360 g/mol. The van der Waals surface area contributed by atoms with Crippen molar-refractivity contribution < 1.29 is 4.79 Å². The molecule has 1 aromatic heterocycles. The van der Waals surface area contributed by atoms with Gasteiger partial charge in [0.25, 0.3) is 0 Å². The first-order valence-corrected chi connectivity index (χ1v) is 10.3. The van der Waals surface area contributed by atoms with E-state index in [2.05, 4.69) is 58.6 Å². The molecule has 4 nitrogen and oxygen atoms in total. The summed E-state index contributed by atoms with van der Waals surface area (Å²) in [6.07, 6.45) is 2.01. The largest absolute Gasteiger partial charge is 0.352 e. The molecule has 0 unspecified atom stereocenters. The number of thiophene rings is 1. The molecule has 136 valence electrons. The normalized spacial score (nSPS) is 16.6. The topological polar surface area (TPSA) is 35.6 Å². The summed E-state index contributed by atoms with van der Waals surface area (Å²) in [7, 11) is 0. The number of rotatable bonds is 7. The van der Waals surface area contributed by atoms with Gasteiger partial charge in [0.05, 0.1) is 6.54 Å². The van der Waals surface area contributed by atoms with Crippen molar-refractivity contribution in [2.75, 3.05) is 32.7 Å². The van der Waals surface area contributed by atoms with E-state index in [0.29, 0.717) is 12.6 Å². The molecule has 1 saturated heterocycles. The third-order valence-electron chi connectivity index (χ3n) is 5.14. The third kappa shape index (κ3) is 4.81. The van der Waals surface area contributed by atoms with E-state index in [1.54, 1.807) is 0 Å². The molecule has 0 spiro atoms. The number of nitrogens with zero attached hydrogens (tertiary/aromatic N) is 2. The summed E-state index contributed by atoms with van der Waals surface area (Å²) >= 11 is 1.83. The summed E-state index contributed by atoms with van der Waals surface area (Å²) in [5.74, 6) is 0.172. The van der Waals surface area contributed by atoms with Crippen LogP contribution in [0.3, 0.4) is 0 Å². The molecule has 3 rings (SSSR count). The highest BCUT2D eigenvalue weighted by Gasteiger charge is 2.20. The van der Waals surface area contributed by atoms with Crippen molar-refractivity contribution in [2.45, 2.75) is 39.3 Å². The number of amides is 1. The van der Waals surface area contributed by atoms with Gasteiger partial charge in [-0.3, -0.25) is 14.6 Å². The van der Waals surface area contributed by atoms with Crippen molar-refractivity contribution in [1.82, 2.24) is 15.1 Å². The fourth-order valence-electron chi connectivity index (χ4n) is 3.47. The number of carbonyl (C=O) groups is 1. The maximum atomic E-state index is 12.2. The van der Waals surface area contributed by atoms with Gasteiger partial charge in [0.1, 0.15) is 0 Å². The maximum Gasteiger partial charge on any atom is 0.234 e. The van der Waals surface area contributed by atoms with Gasteiger partial charge in [-0.1, -0.05) is 32.0 Å². The summed E-state index contributed by atoms with van der Waals surface area (Å²) < 4.78 is 1.37. The van der Waals surface area contributed by atoms with E-state index in [-0.39, 0.29) is 5.91 Å². The summed E-state index contributed by atoms with van der Waals surface area (Å²) in [4.78, 5) is 16.9. The van der Waals surface area contributed by atoms with E-state index < -0.39 is 0 Å². The summed E-state index contributed by atoms with van der Waals surface area (Å²) in [5.41, 5.74) is 1.43. The van der Waals surface area contributed by atoms with Gasteiger partial charge in [-0.25, -0.2) is 0 Å². The van der Waals surface area contributed by atoms with Crippen LogP contribution in [0.5, 0.6) is 0 Å². The second kappa shape index (κ2) is 8.79. The van der Waals surface area contributed by atoms with Crippen molar-refractivity contribution >= 4 is 27.3 Å². The zero-order chi connectivity index (χ0) is 17.6. The number of hydrogen-bond donors (Lipinski definition) is 1. The van der Waals surface area contributed by atoms with Crippen molar-refractivity contribution in [3.05, 3.63) is 35.2 Å². The molecule has 0 saturated carbocycles. The molecule has 1 aliphatic heterocycles. The molecule has 2 heterocycles. The number of fused-ring (bicyclic) bond motifs is 1. The number of benzene rings is 1. The molecule has 1 fully saturated rings. The Hall–Kier alpha value is -1.43. The Kier molecular flexibility index (Phi) is 6.45. The van der Waals surface area contributed by atoms with Crippen LogP contribution in [0.2, 0.25) is 0 Å². The summed E-state index contributed by atoms with van der Waals surface area (Å²) in [6, 6.07) is 8.96. The SMILES string of the molecule is CCC(CC)NC(=O)CN1CCN(Cc2csc3ccccc23)CC1. The number of nitrogens with one attached hydrogen (secondary N) is 1. The molecule has 0 atom stereocenters. The first-order valence-electron chi connectivity index (χ1n) is 9.38. The van der Waals surface area contributed by atoms with E-state index in [1.165, 1.54) is 15.6 Å². The average Bonchev–Trinajstić information content (AvgIpc) is 3.04. The smallest absolute Gasteiger partial charge is 0.234 e. The molecule has 1 amide bonds. The molecular weight excluding hydrogens is 330 g/mol. The monoisotopic (exact) mass is 359 g/mol. The van der Waals surface area contributed by atoms with Crippen molar-refractivity contribution in [2.24, 2.45) is 0 Å². The van der Waals surface area contributed by atoms with Gasteiger partial charge in [-0.05, 0) is 35.2 Å². The van der Waals surface area contributed by atoms with Crippen LogP contribution in [-0.2, 0) is 11.3 Å². The molecule has 25 heavy (non-hydrogen) atoms. The molecule has 0 radical (unpaired) electrons. The van der Waals surface area contributed by atoms with E-state index in [4.69, 9.17) is 0 Å². The van der Waals surface area contributed by atoms with Gasteiger partial charge >= 0.3 is 0 Å². The van der Waals surface area contributed by atoms with Crippen molar-refractivity contribution in [1.29, 1.82) is 0 Å². The van der Waals surface area contributed by atoms with E-state index in [9.17, 15) is 4.79 Å². The molecule has 5 heteroatoms. The van der Waals surface area contributed by atoms with Gasteiger partial charge < -0.3 is 5.32 Å². The minimum absolute atomic E-state index is 0.172. The fraction of sp³-hybridized carbons (Fsp3) is 0.550. The standard InChI is InChI=1S/C20H29N3OS/c1-3-17(4-2)21-20(24)14-23-11-9-22(10-12-23)13-16-15-25-19-8-6-5-7-18(16)19/h5-8,15,17H,3-4,9-14H2,1-2H3,(H,21,24). The Labute approximate surface area is 154 Å². The van der Waals surface area contributed by atoms with Crippen LogP contribution in [0.1, 0.15) is 32.3 Å². The Balaban J connectivity index is 1.46. The lowest BCUT2D eigenvalue weighted by Crippen LogP contribution is -2.50. The second-order valence-electron chi connectivity index (χ2n) is 6.89. The summed E-state index contributed by atoms with van der Waals surface area (Å²) in [6.45, 7) is 9.80. The molecule has 0 bridgehead atoms. The molecule has 2 aromatic rings. The van der Waals surface area contributed by atoms with Crippen LogP contribution >= 0.6 is 11.3 Å². The van der Waals surface area contributed by atoms with Crippen LogP contribution in [0, 0.1) is 0 Å². The van der Waals surface area contributed by atoms with Crippen molar-refractivity contribution in [3.63, 3.8) is 0 Å². The first kappa shape index (κ1) is 18.4. The predicted molar refractivity (Wildman–Crippen MR) is 106 cm³/mol. The number of hydrogen-bond acceptors (Lipinski definition) is 4. The van der Waals surface area contributed by atoms with E-state index >= 15 is 0 Å². The van der Waals surface area contributed by atoms with Crippen LogP contribution in [0.25, 0.3) is 10.1 Å². The van der Waals surface area contributed by atoms with Crippen LogP contribution in [0.4, 0.5) is 0 Å². The third-order valence-corrected chi connectivity index (χ3v) is 6.15. The lowest BCUT2D eigenvalue weighted by molar-refractivity contribution is -0.123. The maximum absolute atomic E-state index is 12.2. The van der Waals surface area contributed by atoms with Crippen molar-refractivity contribution in [3.8, 4) is 0 Å². The Morgan fingerprint density at radius 1 is 1.12 bits per heavy atom. The Morgan fingerprint density at radius 2 is 1.80 bits per heavy atom. The van der Waals surface area contributed by atoms with E-state index in [0.717, 1.165) is 45.6 Å². The molecule has 1 aliphatic rings. The fourth-order valence-corrected chi connectivity index (χ4v) is 4.42. The van der Waals surface area contributed by atoms with Gasteiger partial charge in [-0.2, -0.15) is 0 Å². The Morgan fingerprint density at radius 3 is 2.52 bits per heavy atom. The summed E-state index contributed by atoms with van der Waals surface area (Å²) in [5, 5.41) is 6.82. The highest BCUT2D eigenvalue weighted by molar-refractivity contribution is 7.17. The first-order chi connectivity index (χ1) is 12.2. The minimum atomic E-state index is 0.172. The van der Waals surface area contributed by atoms with Gasteiger partial charge in [-0.15, -0.1) is 11.3 Å². The molecular formula is C20H29N3OS. The number of carbonyl (C=O) groups excluding carboxylic acids is 1. The van der Waals surface area contributed by atoms with Gasteiger partial charge in [0.2, 0.25) is 5.91 Å². The van der Waals surface area contributed by atoms with E-state index in [1.807, 2.05) is 11.3 Å². The quantitative estimate of drug-likeness (QED) is 0.824. The lowest BCUT2D eigenvalue weighted by atomic mass is 10.1. The van der Waals surface area contributed by atoms with Gasteiger partial charge in [0.15, 0.2) is 0 Å². The van der Waals surface area contributed by atoms with Crippen LogP contribution in [-0.4, -0.2) is 54.5 Å². The Bertz CT molecular complexity index is 687. The molecule has 0 aliphatic carbocycles. The minimum Gasteiger partial charge on any atom is -0.352 e. The second-order valence-corrected chi connectivity index (χ2v) is 7.80. The predicted octanol–water partition coefficient (Wildman–Crippen LogP) is 3.32. The highest BCUT2D eigenvalue weighted by Crippen LogP contribution is 2.26. The molecule has 1 aromatic carbocycles. The van der Waals surface area contributed by atoms with Crippen LogP contribution < -0.4 is 5.32 Å². The van der Waals surface area contributed by atoms with Crippen LogP contribution in [0.15, 0.2) is 29.6 Å². The zero-order valence-electron chi connectivity index (χ0n) is 15.3. The molecule has 1 N–H and O–H groups in total. The van der Waals surface area contributed by atoms with Gasteiger partial charge in [0, 0.05) is 43.5 Å². The zero-order valence-corrected chi connectivity index (χ0v) is 16.1. The lowest BCUT2D eigenvalue weighted by Gasteiger charge is -2.34. The highest BCUT2D eigenvalue weighted by atomic mass is 32.1. The number of piperazine rings is 1.